The van der Waals surface area contributed by atoms with Crippen LogP contribution in [-0.4, -0.2) is 35.5 Å². The minimum absolute atomic E-state index is 0.0303. The van der Waals surface area contributed by atoms with Crippen molar-refractivity contribution in [2.45, 2.75) is 12.5 Å². The Morgan fingerprint density at radius 3 is 2.35 bits per heavy atom. The number of carboxylic acids is 1. The van der Waals surface area contributed by atoms with Crippen molar-refractivity contribution >= 4 is 17.8 Å². The van der Waals surface area contributed by atoms with Gasteiger partial charge in [-0.25, -0.2) is 4.79 Å². The quantitative estimate of drug-likeness (QED) is 0.690. The van der Waals surface area contributed by atoms with E-state index in [2.05, 4.69) is 10.6 Å². The second-order valence-electron chi connectivity index (χ2n) is 5.48. The number of benzene rings is 2. The lowest BCUT2D eigenvalue weighted by Gasteiger charge is -2.15. The first-order chi connectivity index (χ1) is 12.5. The van der Waals surface area contributed by atoms with Crippen molar-refractivity contribution in [1.82, 2.24) is 10.6 Å². The van der Waals surface area contributed by atoms with Crippen molar-refractivity contribution in [1.29, 1.82) is 5.26 Å². The summed E-state index contributed by atoms with van der Waals surface area (Å²) >= 11 is 0. The van der Waals surface area contributed by atoms with Crippen molar-refractivity contribution in [3.8, 4) is 6.07 Å². The van der Waals surface area contributed by atoms with Gasteiger partial charge in [0.25, 0.3) is 5.91 Å². The van der Waals surface area contributed by atoms with Gasteiger partial charge in [-0.1, -0.05) is 36.4 Å². The molecule has 0 unspecified atom stereocenters. The Morgan fingerprint density at radius 1 is 1.04 bits per heavy atom. The fourth-order valence-electron chi connectivity index (χ4n) is 2.32. The van der Waals surface area contributed by atoms with Crippen molar-refractivity contribution in [3.63, 3.8) is 0 Å². The molecule has 2 amide bonds. The van der Waals surface area contributed by atoms with Gasteiger partial charge in [-0.15, -0.1) is 0 Å². The maximum Gasteiger partial charge on any atom is 0.326 e. The average Bonchev–Trinajstić information content (AvgIpc) is 2.66. The summed E-state index contributed by atoms with van der Waals surface area (Å²) < 4.78 is 0. The molecule has 0 aliphatic carbocycles. The van der Waals surface area contributed by atoms with Crippen LogP contribution in [0, 0.1) is 11.3 Å². The fourth-order valence-corrected chi connectivity index (χ4v) is 2.32. The molecule has 0 spiro atoms. The van der Waals surface area contributed by atoms with Crippen LogP contribution in [0.15, 0.2) is 54.6 Å². The Balaban J connectivity index is 1.95. The van der Waals surface area contributed by atoms with Crippen molar-refractivity contribution in [3.05, 3.63) is 71.3 Å². The molecule has 26 heavy (non-hydrogen) atoms. The van der Waals surface area contributed by atoms with E-state index in [9.17, 15) is 19.5 Å². The number of nitrogens with zero attached hydrogens (tertiary/aromatic N) is 1. The number of rotatable bonds is 7. The average molecular weight is 351 g/mol. The largest absolute Gasteiger partial charge is 0.480 e. The zero-order chi connectivity index (χ0) is 18.9. The Bertz CT molecular complexity index is 843. The van der Waals surface area contributed by atoms with E-state index in [4.69, 9.17) is 5.26 Å². The van der Waals surface area contributed by atoms with Crippen LogP contribution in [0.4, 0.5) is 0 Å². The molecule has 0 aromatic heterocycles. The van der Waals surface area contributed by atoms with Crippen LogP contribution in [0.2, 0.25) is 0 Å². The number of nitrogens with one attached hydrogen (secondary N) is 2. The van der Waals surface area contributed by atoms with Crippen LogP contribution in [0.1, 0.15) is 21.5 Å². The van der Waals surface area contributed by atoms with E-state index in [1.165, 1.54) is 0 Å². The molecule has 1 atom stereocenters. The normalized spacial score (nSPS) is 11.0. The van der Waals surface area contributed by atoms with Crippen molar-refractivity contribution < 1.29 is 19.5 Å². The predicted molar refractivity (Wildman–Crippen MR) is 93.2 cm³/mol. The molecule has 2 aromatic rings. The highest BCUT2D eigenvalue weighted by Crippen LogP contribution is 2.10. The van der Waals surface area contributed by atoms with Crippen LogP contribution in [-0.2, 0) is 16.0 Å². The molecule has 132 valence electrons. The monoisotopic (exact) mass is 351 g/mol. The molecule has 0 radical (unpaired) electrons. The first-order valence-electron chi connectivity index (χ1n) is 7.84. The first-order valence-corrected chi connectivity index (χ1v) is 7.84. The molecule has 7 nitrogen and oxygen atoms in total. The summed E-state index contributed by atoms with van der Waals surface area (Å²) in [4.78, 5) is 35.3. The molecule has 7 heteroatoms. The second kappa shape index (κ2) is 8.99. The molecule has 3 N–H and O–H groups in total. The fraction of sp³-hybridized carbons (Fsp3) is 0.158. The van der Waals surface area contributed by atoms with Crippen molar-refractivity contribution in [2.24, 2.45) is 0 Å². The summed E-state index contributed by atoms with van der Waals surface area (Å²) in [7, 11) is 0. The minimum Gasteiger partial charge on any atom is -0.480 e. The van der Waals surface area contributed by atoms with E-state index in [1.807, 2.05) is 6.07 Å². The Kier molecular flexibility index (Phi) is 6.46. The lowest BCUT2D eigenvalue weighted by atomic mass is 10.0. The molecule has 0 aliphatic rings. The summed E-state index contributed by atoms with van der Waals surface area (Å²) in [6.45, 7) is -0.350. The van der Waals surface area contributed by atoms with E-state index >= 15 is 0 Å². The van der Waals surface area contributed by atoms with Gasteiger partial charge >= 0.3 is 5.97 Å². The zero-order valence-corrected chi connectivity index (χ0v) is 13.8. The van der Waals surface area contributed by atoms with Gasteiger partial charge in [0.15, 0.2) is 0 Å². The number of carbonyl (C=O) groups is 3. The summed E-state index contributed by atoms with van der Waals surface area (Å²) in [5.74, 6) is -2.28. The third kappa shape index (κ3) is 5.18. The van der Waals surface area contributed by atoms with Gasteiger partial charge in [0.1, 0.15) is 6.04 Å². The molecule has 0 bridgehead atoms. The molecule has 0 aliphatic heterocycles. The van der Waals surface area contributed by atoms with E-state index < -0.39 is 23.8 Å². The van der Waals surface area contributed by atoms with Crippen LogP contribution in [0.5, 0.6) is 0 Å². The topological polar surface area (TPSA) is 119 Å². The highest BCUT2D eigenvalue weighted by atomic mass is 16.4. The number of amides is 2. The molecule has 0 saturated carbocycles. The third-order valence-electron chi connectivity index (χ3n) is 3.64. The lowest BCUT2D eigenvalue weighted by Crippen LogP contribution is -2.46. The van der Waals surface area contributed by atoms with E-state index in [0.29, 0.717) is 16.7 Å². The van der Waals surface area contributed by atoms with Crippen molar-refractivity contribution in [2.75, 3.05) is 6.54 Å². The van der Waals surface area contributed by atoms with Gasteiger partial charge < -0.3 is 15.7 Å². The highest BCUT2D eigenvalue weighted by Gasteiger charge is 2.21. The van der Waals surface area contributed by atoms with Gasteiger partial charge in [-0.3, -0.25) is 9.59 Å². The van der Waals surface area contributed by atoms with Crippen LogP contribution in [0.3, 0.4) is 0 Å². The number of hydrogen-bond donors (Lipinski definition) is 3. The lowest BCUT2D eigenvalue weighted by molar-refractivity contribution is -0.141. The van der Waals surface area contributed by atoms with Gasteiger partial charge in [0.05, 0.1) is 18.2 Å². The summed E-state index contributed by atoms with van der Waals surface area (Å²) in [5, 5.41) is 23.2. The first kappa shape index (κ1) is 18.7. The van der Waals surface area contributed by atoms with E-state index in [-0.39, 0.29) is 13.0 Å². The number of carboxylic acid groups (broad SMARTS) is 1. The summed E-state index contributed by atoms with van der Waals surface area (Å²) in [6, 6.07) is 15.7. The Morgan fingerprint density at radius 2 is 1.69 bits per heavy atom. The van der Waals surface area contributed by atoms with Gasteiger partial charge in [0.2, 0.25) is 5.91 Å². The smallest absolute Gasteiger partial charge is 0.326 e. The van der Waals surface area contributed by atoms with Gasteiger partial charge in [0, 0.05) is 12.0 Å². The standard InChI is InChI=1S/C19H17N3O4/c20-11-15-9-5-4-8-14(15)10-16(19(25)26)22-17(23)12-21-18(24)13-6-2-1-3-7-13/h1-9,16H,10,12H2,(H,21,24)(H,22,23)(H,25,26)/t16-/m1/s1. The number of nitriles is 1. The second-order valence-corrected chi connectivity index (χ2v) is 5.48. The van der Waals surface area contributed by atoms with Crippen LogP contribution < -0.4 is 10.6 Å². The summed E-state index contributed by atoms with van der Waals surface area (Å²) in [6.07, 6.45) is -0.0303. The van der Waals surface area contributed by atoms with E-state index in [0.717, 1.165) is 0 Å². The molecular weight excluding hydrogens is 334 g/mol. The predicted octanol–water partition coefficient (Wildman–Crippen LogP) is 1.10. The SMILES string of the molecule is N#Cc1ccccc1C[C@@H](NC(=O)CNC(=O)c1ccccc1)C(=O)O. The minimum atomic E-state index is -1.22. The van der Waals surface area contributed by atoms with Crippen LogP contribution in [0.25, 0.3) is 0 Å². The molecule has 0 heterocycles. The number of hydrogen-bond acceptors (Lipinski definition) is 4. The zero-order valence-electron chi connectivity index (χ0n) is 13.8. The molecule has 2 aromatic carbocycles. The van der Waals surface area contributed by atoms with Crippen LogP contribution >= 0.6 is 0 Å². The molecule has 2 rings (SSSR count). The number of aliphatic carboxylic acids is 1. The molecular formula is C19H17N3O4. The maximum atomic E-state index is 12.0. The Labute approximate surface area is 150 Å². The van der Waals surface area contributed by atoms with Gasteiger partial charge in [-0.05, 0) is 23.8 Å². The molecule has 0 saturated heterocycles. The third-order valence-corrected chi connectivity index (χ3v) is 3.64. The van der Waals surface area contributed by atoms with Gasteiger partial charge in [-0.2, -0.15) is 5.26 Å². The highest BCUT2D eigenvalue weighted by molar-refractivity contribution is 5.96. The summed E-state index contributed by atoms with van der Waals surface area (Å²) in [5.41, 5.74) is 1.28. The Hall–Kier alpha value is -3.66. The maximum absolute atomic E-state index is 12.0. The van der Waals surface area contributed by atoms with E-state index in [1.54, 1.807) is 54.6 Å². The molecule has 0 fully saturated rings. The number of carbonyl (C=O) groups excluding carboxylic acids is 2.